The minimum atomic E-state index is 0.585. The van der Waals surface area contributed by atoms with Crippen LogP contribution in [0.25, 0.3) is 22.4 Å². The minimum Gasteiger partial charge on any atom is -0.378 e. The molecule has 35 heavy (non-hydrogen) atoms. The molecule has 6 rings (SSSR count). The highest BCUT2D eigenvalue weighted by atomic mass is 16.5. The van der Waals surface area contributed by atoms with Gasteiger partial charge in [0.05, 0.1) is 25.3 Å². The van der Waals surface area contributed by atoms with Gasteiger partial charge in [0.25, 0.3) is 5.89 Å². The van der Waals surface area contributed by atoms with Crippen molar-refractivity contribution in [2.45, 2.75) is 13.5 Å². The zero-order valence-corrected chi connectivity index (χ0v) is 20.1. The summed E-state index contributed by atoms with van der Waals surface area (Å²) in [6, 6.07) is 16.9. The lowest BCUT2D eigenvalue weighted by molar-refractivity contribution is 0.122. The lowest BCUT2D eigenvalue weighted by Gasteiger charge is -2.36. The smallest absolute Gasteiger partial charge is 0.257 e. The third-order valence-electron chi connectivity index (χ3n) is 6.89. The molecule has 2 saturated heterocycles. The fourth-order valence-corrected chi connectivity index (χ4v) is 4.98. The van der Waals surface area contributed by atoms with Crippen LogP contribution in [0.2, 0.25) is 0 Å². The van der Waals surface area contributed by atoms with E-state index in [1.165, 1.54) is 22.3 Å². The van der Waals surface area contributed by atoms with Crippen LogP contribution in [0.1, 0.15) is 11.4 Å². The fourth-order valence-electron chi connectivity index (χ4n) is 4.98. The molecular weight excluding hydrogens is 440 g/mol. The summed E-state index contributed by atoms with van der Waals surface area (Å²) in [6.07, 6.45) is 1.93. The van der Waals surface area contributed by atoms with Gasteiger partial charge >= 0.3 is 0 Å². The maximum Gasteiger partial charge on any atom is 0.257 e. The number of anilines is 2. The lowest BCUT2D eigenvalue weighted by Crippen LogP contribution is -2.46. The molecule has 0 saturated carbocycles. The summed E-state index contributed by atoms with van der Waals surface area (Å²) < 4.78 is 11.0. The number of fused-ring (bicyclic) bond motifs is 1. The Balaban J connectivity index is 1.11. The molecule has 0 radical (unpaired) electrons. The average molecular weight is 471 g/mol. The molecular formula is C27H30N6O2. The maximum atomic E-state index is 5.52. The topological polar surface area (TPSA) is 70.8 Å². The van der Waals surface area contributed by atoms with Gasteiger partial charge in [0, 0.05) is 67.8 Å². The van der Waals surface area contributed by atoms with Gasteiger partial charge in [0.15, 0.2) is 5.82 Å². The molecule has 0 N–H and O–H groups in total. The molecule has 8 heteroatoms. The second kappa shape index (κ2) is 9.64. The summed E-state index contributed by atoms with van der Waals surface area (Å²) in [5.41, 5.74) is 5.67. The predicted octanol–water partition coefficient (Wildman–Crippen LogP) is 3.75. The number of pyridine rings is 1. The van der Waals surface area contributed by atoms with Crippen molar-refractivity contribution in [3.8, 4) is 11.5 Å². The summed E-state index contributed by atoms with van der Waals surface area (Å²) in [6.45, 7) is 9.99. The third kappa shape index (κ3) is 4.72. The number of hydrogen-bond acceptors (Lipinski definition) is 8. The Bertz CT molecular complexity index is 1310. The minimum absolute atomic E-state index is 0.585. The molecule has 2 fully saturated rings. The number of aromatic nitrogens is 3. The van der Waals surface area contributed by atoms with E-state index in [4.69, 9.17) is 9.26 Å². The van der Waals surface area contributed by atoms with E-state index in [2.05, 4.69) is 73.1 Å². The predicted molar refractivity (Wildman–Crippen MR) is 137 cm³/mol. The van der Waals surface area contributed by atoms with Gasteiger partial charge in [-0.1, -0.05) is 22.9 Å². The summed E-state index contributed by atoms with van der Waals surface area (Å²) in [7, 11) is 0. The molecule has 0 amide bonds. The quantitative estimate of drug-likeness (QED) is 0.437. The first-order valence-corrected chi connectivity index (χ1v) is 12.3. The monoisotopic (exact) mass is 470 g/mol. The number of ether oxygens (including phenoxy) is 1. The van der Waals surface area contributed by atoms with Crippen molar-refractivity contribution in [2.75, 3.05) is 62.3 Å². The van der Waals surface area contributed by atoms with Gasteiger partial charge in [-0.15, -0.1) is 0 Å². The normalized spacial score (nSPS) is 17.3. The Kier molecular flexibility index (Phi) is 6.06. The summed E-state index contributed by atoms with van der Waals surface area (Å²) in [4.78, 5) is 16.5. The molecule has 2 aromatic carbocycles. The largest absolute Gasteiger partial charge is 0.378 e. The van der Waals surface area contributed by atoms with E-state index in [9.17, 15) is 0 Å². The van der Waals surface area contributed by atoms with Crippen molar-refractivity contribution in [3.05, 3.63) is 66.1 Å². The summed E-state index contributed by atoms with van der Waals surface area (Å²) >= 11 is 0. The summed E-state index contributed by atoms with van der Waals surface area (Å²) in [5, 5.41) is 5.43. The molecule has 180 valence electrons. The van der Waals surface area contributed by atoms with Crippen LogP contribution in [0.3, 0.4) is 0 Å². The van der Waals surface area contributed by atoms with Crippen molar-refractivity contribution >= 4 is 22.3 Å². The van der Waals surface area contributed by atoms with Gasteiger partial charge < -0.3 is 19.1 Å². The van der Waals surface area contributed by atoms with Gasteiger partial charge in [0.1, 0.15) is 0 Å². The van der Waals surface area contributed by atoms with E-state index >= 15 is 0 Å². The number of hydrogen-bond donors (Lipinski definition) is 0. The van der Waals surface area contributed by atoms with Crippen LogP contribution >= 0.6 is 0 Å². The second-order valence-corrected chi connectivity index (χ2v) is 9.28. The third-order valence-corrected chi connectivity index (χ3v) is 6.89. The van der Waals surface area contributed by atoms with Crippen molar-refractivity contribution in [3.63, 3.8) is 0 Å². The van der Waals surface area contributed by atoms with Crippen molar-refractivity contribution < 1.29 is 9.26 Å². The molecule has 4 heterocycles. The first-order valence-electron chi connectivity index (χ1n) is 12.3. The zero-order chi connectivity index (χ0) is 23.6. The molecule has 0 bridgehead atoms. The van der Waals surface area contributed by atoms with Crippen LogP contribution in [0.4, 0.5) is 11.4 Å². The van der Waals surface area contributed by atoms with Gasteiger partial charge in [-0.05, 0) is 43.3 Å². The van der Waals surface area contributed by atoms with E-state index < -0.39 is 0 Å². The molecule has 8 nitrogen and oxygen atoms in total. The highest BCUT2D eigenvalue weighted by molar-refractivity contribution is 5.93. The molecule has 2 aliphatic rings. The van der Waals surface area contributed by atoms with E-state index in [0.29, 0.717) is 12.4 Å². The molecule has 0 spiro atoms. The Morgan fingerprint density at radius 1 is 0.886 bits per heavy atom. The molecule has 2 aromatic heterocycles. The van der Waals surface area contributed by atoms with Crippen LogP contribution in [0, 0.1) is 6.92 Å². The SMILES string of the molecule is Cc1cccc(-c2nc(CN3CCN(c4ccnc5cc(N6CCOCC6)ccc45)CC3)no2)c1. The highest BCUT2D eigenvalue weighted by Crippen LogP contribution is 2.30. The number of morpholine rings is 1. The Morgan fingerprint density at radius 3 is 2.57 bits per heavy atom. The first kappa shape index (κ1) is 22.0. The second-order valence-electron chi connectivity index (χ2n) is 9.28. The van der Waals surface area contributed by atoms with E-state index in [1.807, 2.05) is 18.3 Å². The number of nitrogens with zero attached hydrogens (tertiary/aromatic N) is 6. The van der Waals surface area contributed by atoms with Gasteiger partial charge in [-0.25, -0.2) is 0 Å². The Hall–Kier alpha value is -3.49. The van der Waals surface area contributed by atoms with Crippen molar-refractivity contribution in [1.82, 2.24) is 20.0 Å². The van der Waals surface area contributed by atoms with Gasteiger partial charge in [-0.2, -0.15) is 4.98 Å². The Labute approximate surface area is 205 Å². The van der Waals surface area contributed by atoms with E-state index in [-0.39, 0.29) is 0 Å². The van der Waals surface area contributed by atoms with Crippen LogP contribution < -0.4 is 9.80 Å². The van der Waals surface area contributed by atoms with Crippen LogP contribution in [-0.4, -0.2) is 72.5 Å². The van der Waals surface area contributed by atoms with E-state index in [1.54, 1.807) is 0 Å². The number of piperazine rings is 1. The van der Waals surface area contributed by atoms with Crippen LogP contribution in [0.5, 0.6) is 0 Å². The zero-order valence-electron chi connectivity index (χ0n) is 20.1. The Morgan fingerprint density at radius 2 is 1.74 bits per heavy atom. The standard InChI is InChI=1S/C27H30N6O2/c1-20-3-2-4-21(17-20)27-29-26(30-35-27)19-31-9-11-33(12-10-31)25-7-8-28-24-18-22(5-6-23(24)25)32-13-15-34-16-14-32/h2-8,17-18H,9-16,19H2,1H3. The molecule has 0 atom stereocenters. The summed E-state index contributed by atoms with van der Waals surface area (Å²) in [5.74, 6) is 1.32. The van der Waals surface area contributed by atoms with Gasteiger partial charge in [0.2, 0.25) is 0 Å². The number of benzene rings is 2. The van der Waals surface area contributed by atoms with Crippen LogP contribution in [0.15, 0.2) is 59.3 Å². The first-order chi connectivity index (χ1) is 17.2. The number of rotatable bonds is 5. The molecule has 4 aromatic rings. The van der Waals surface area contributed by atoms with Crippen molar-refractivity contribution in [1.29, 1.82) is 0 Å². The molecule has 0 aliphatic carbocycles. The average Bonchev–Trinajstić information content (AvgIpc) is 3.38. The lowest BCUT2D eigenvalue weighted by atomic mass is 10.1. The number of aryl methyl sites for hydroxylation is 1. The maximum absolute atomic E-state index is 5.52. The van der Waals surface area contributed by atoms with Crippen LogP contribution in [-0.2, 0) is 11.3 Å². The van der Waals surface area contributed by atoms with Gasteiger partial charge in [-0.3, -0.25) is 9.88 Å². The highest BCUT2D eigenvalue weighted by Gasteiger charge is 2.21. The molecule has 0 unspecified atom stereocenters. The molecule has 2 aliphatic heterocycles. The van der Waals surface area contributed by atoms with E-state index in [0.717, 1.165) is 69.4 Å². The fraction of sp³-hybridized carbons (Fsp3) is 0.370. The van der Waals surface area contributed by atoms with Crippen molar-refractivity contribution in [2.24, 2.45) is 0 Å².